The molecule has 0 aromatic heterocycles. The molecule has 2 aromatic rings. The Labute approximate surface area is 165 Å². The zero-order valence-electron chi connectivity index (χ0n) is 16.5. The topological polar surface area (TPSA) is 92.9 Å². The molecule has 3 rings (SSSR count). The predicted octanol–water partition coefficient (Wildman–Crippen LogP) is 2.10. The molecule has 1 heterocycles. The largest absolute Gasteiger partial charge is 0.497 e. The Hall–Kier alpha value is -2.74. The second-order valence-corrected chi connectivity index (χ2v) is 9.23. The van der Waals surface area contributed by atoms with Gasteiger partial charge < -0.3 is 15.4 Å². The highest BCUT2D eigenvalue weighted by Crippen LogP contribution is 2.38. The molecular weight excluding hydrogens is 378 g/mol. The summed E-state index contributed by atoms with van der Waals surface area (Å²) in [4.78, 5) is 13.8. The van der Waals surface area contributed by atoms with E-state index < -0.39 is 21.3 Å². The molecule has 150 valence electrons. The van der Waals surface area contributed by atoms with Crippen molar-refractivity contribution < 1.29 is 17.9 Å². The van der Waals surface area contributed by atoms with E-state index in [1.54, 1.807) is 45.2 Å². The smallest absolute Gasteiger partial charge is 0.264 e. The summed E-state index contributed by atoms with van der Waals surface area (Å²) in [7, 11) is -0.254. The van der Waals surface area contributed by atoms with Crippen LogP contribution in [0.5, 0.6) is 5.75 Å². The first-order valence-electron chi connectivity index (χ1n) is 8.91. The molecular formula is C20H25N3O4S. The van der Waals surface area contributed by atoms with Crippen LogP contribution in [0.1, 0.15) is 19.4 Å². The molecule has 0 bridgehead atoms. The molecule has 2 N–H and O–H groups in total. The Balaban J connectivity index is 2.00. The molecule has 0 atom stereocenters. The number of rotatable bonds is 5. The first kappa shape index (κ1) is 20.0. The number of ether oxygens (including phenoxy) is 1. The van der Waals surface area contributed by atoms with Gasteiger partial charge in [0.15, 0.2) is 0 Å². The third-order valence-electron chi connectivity index (χ3n) is 5.28. The molecule has 2 aromatic carbocycles. The fourth-order valence-electron chi connectivity index (χ4n) is 3.19. The van der Waals surface area contributed by atoms with Gasteiger partial charge in [-0.2, -0.15) is 0 Å². The van der Waals surface area contributed by atoms with Gasteiger partial charge in [-0.05, 0) is 43.7 Å². The molecule has 1 aliphatic rings. The van der Waals surface area contributed by atoms with Gasteiger partial charge in [0.2, 0.25) is 5.91 Å². The summed E-state index contributed by atoms with van der Waals surface area (Å²) in [5.74, 6) is 0.202. The van der Waals surface area contributed by atoms with Gasteiger partial charge in [0.05, 0.1) is 35.3 Å². The first-order valence-corrected chi connectivity index (χ1v) is 10.4. The number of nitrogens with two attached hydrogens (primary N) is 1. The fourth-order valence-corrected chi connectivity index (χ4v) is 4.66. The summed E-state index contributed by atoms with van der Waals surface area (Å²) in [6.45, 7) is 4.32. The van der Waals surface area contributed by atoms with Crippen molar-refractivity contribution >= 4 is 27.3 Å². The van der Waals surface area contributed by atoms with Gasteiger partial charge in [-0.15, -0.1) is 0 Å². The van der Waals surface area contributed by atoms with Crippen molar-refractivity contribution in [3.8, 4) is 5.75 Å². The van der Waals surface area contributed by atoms with Gasteiger partial charge in [0.1, 0.15) is 5.75 Å². The normalized spacial score (nSPS) is 14.6. The van der Waals surface area contributed by atoms with Crippen molar-refractivity contribution in [2.24, 2.45) is 5.73 Å². The van der Waals surface area contributed by atoms with Crippen molar-refractivity contribution in [3.05, 3.63) is 48.0 Å². The third kappa shape index (κ3) is 3.28. The Bertz CT molecular complexity index is 1000. The number of benzene rings is 2. The van der Waals surface area contributed by atoms with E-state index in [2.05, 4.69) is 0 Å². The minimum Gasteiger partial charge on any atom is -0.497 e. The molecule has 1 amide bonds. The lowest BCUT2D eigenvalue weighted by molar-refractivity contribution is -0.122. The number of hydrogen-bond donors (Lipinski definition) is 1. The summed E-state index contributed by atoms with van der Waals surface area (Å²) >= 11 is 0. The zero-order chi connectivity index (χ0) is 20.7. The lowest BCUT2D eigenvalue weighted by Gasteiger charge is -2.36. The van der Waals surface area contributed by atoms with Crippen LogP contribution >= 0.6 is 0 Å². The standard InChI is InChI=1S/C20H25N3O4S/c1-20(2,19(21)24)14-5-8-16(9-6-14)28(25,26)23-12-11-22(3)18-13-15(27-4)7-10-17(18)23/h5-10,13H,11-12H2,1-4H3,(H2,21,24). The lowest BCUT2D eigenvalue weighted by Crippen LogP contribution is -2.42. The van der Waals surface area contributed by atoms with Gasteiger partial charge >= 0.3 is 0 Å². The van der Waals surface area contributed by atoms with Crippen LogP contribution in [-0.2, 0) is 20.2 Å². The Morgan fingerprint density at radius 3 is 2.29 bits per heavy atom. The quantitative estimate of drug-likeness (QED) is 0.825. The van der Waals surface area contributed by atoms with Gasteiger partial charge in [-0.1, -0.05) is 12.1 Å². The van der Waals surface area contributed by atoms with Crippen LogP contribution in [-0.4, -0.2) is 41.6 Å². The zero-order valence-corrected chi connectivity index (χ0v) is 17.3. The van der Waals surface area contributed by atoms with Crippen LogP contribution in [0, 0.1) is 0 Å². The van der Waals surface area contributed by atoms with Crippen molar-refractivity contribution in [2.45, 2.75) is 24.2 Å². The maximum atomic E-state index is 13.3. The monoisotopic (exact) mass is 403 g/mol. The van der Waals surface area contributed by atoms with Gasteiger partial charge in [0.25, 0.3) is 10.0 Å². The van der Waals surface area contributed by atoms with Crippen LogP contribution in [0.2, 0.25) is 0 Å². The number of hydrogen-bond acceptors (Lipinski definition) is 5. The van der Waals surface area contributed by atoms with E-state index in [-0.39, 0.29) is 4.90 Å². The van der Waals surface area contributed by atoms with Crippen molar-refractivity contribution in [1.82, 2.24) is 0 Å². The highest BCUT2D eigenvalue weighted by molar-refractivity contribution is 7.92. The van der Waals surface area contributed by atoms with Crippen molar-refractivity contribution in [3.63, 3.8) is 0 Å². The summed E-state index contributed by atoms with van der Waals surface area (Å²) < 4.78 is 33.3. The van der Waals surface area contributed by atoms with Crippen LogP contribution in [0.3, 0.4) is 0 Å². The summed E-state index contributed by atoms with van der Waals surface area (Å²) in [5.41, 5.74) is 6.65. The lowest BCUT2D eigenvalue weighted by atomic mass is 9.84. The predicted molar refractivity (Wildman–Crippen MR) is 109 cm³/mol. The average Bonchev–Trinajstić information content (AvgIpc) is 2.67. The number of fused-ring (bicyclic) bond motifs is 1. The van der Waals surface area contributed by atoms with E-state index in [1.807, 2.05) is 18.0 Å². The number of amides is 1. The number of primary amides is 1. The maximum absolute atomic E-state index is 13.3. The van der Waals surface area contributed by atoms with Crippen LogP contribution in [0.15, 0.2) is 47.4 Å². The maximum Gasteiger partial charge on any atom is 0.264 e. The summed E-state index contributed by atoms with van der Waals surface area (Å²) in [6, 6.07) is 11.7. The number of carbonyl (C=O) groups excluding carboxylic acids is 1. The van der Waals surface area contributed by atoms with Gasteiger partial charge in [-0.3, -0.25) is 9.10 Å². The van der Waals surface area contributed by atoms with Crippen LogP contribution in [0.4, 0.5) is 11.4 Å². The van der Waals surface area contributed by atoms with Gasteiger partial charge in [-0.25, -0.2) is 8.42 Å². The van der Waals surface area contributed by atoms with Crippen LogP contribution in [0.25, 0.3) is 0 Å². The molecule has 0 aliphatic carbocycles. The second kappa shape index (κ2) is 7.01. The highest BCUT2D eigenvalue weighted by Gasteiger charge is 2.32. The molecule has 0 unspecified atom stereocenters. The fraction of sp³-hybridized carbons (Fsp3) is 0.350. The van der Waals surface area contributed by atoms with E-state index in [4.69, 9.17) is 10.5 Å². The van der Waals surface area contributed by atoms with E-state index in [0.717, 1.165) is 5.69 Å². The number of anilines is 2. The second-order valence-electron chi connectivity index (χ2n) is 7.37. The SMILES string of the molecule is COc1ccc2c(c1)N(C)CCN2S(=O)(=O)c1ccc(C(C)(C)C(N)=O)cc1. The molecule has 0 saturated carbocycles. The molecule has 1 aliphatic heterocycles. The number of carbonyl (C=O) groups is 1. The number of likely N-dealkylation sites (N-methyl/N-ethyl adjacent to an activating group) is 1. The Kier molecular flexibility index (Phi) is 5.01. The van der Waals surface area contributed by atoms with E-state index >= 15 is 0 Å². The number of methoxy groups -OCH3 is 1. The number of nitrogens with zero attached hydrogens (tertiary/aromatic N) is 2. The molecule has 7 nitrogen and oxygen atoms in total. The van der Waals surface area contributed by atoms with Crippen molar-refractivity contribution in [2.75, 3.05) is 36.5 Å². The molecule has 0 saturated heterocycles. The van der Waals surface area contributed by atoms with Gasteiger partial charge in [0, 0.05) is 19.7 Å². The number of sulfonamides is 1. The molecule has 0 spiro atoms. The molecule has 28 heavy (non-hydrogen) atoms. The Morgan fingerprint density at radius 1 is 1.07 bits per heavy atom. The van der Waals surface area contributed by atoms with E-state index in [0.29, 0.717) is 30.1 Å². The molecule has 0 radical (unpaired) electrons. The van der Waals surface area contributed by atoms with E-state index in [9.17, 15) is 13.2 Å². The molecule has 8 heteroatoms. The van der Waals surface area contributed by atoms with Crippen LogP contribution < -0.4 is 19.7 Å². The third-order valence-corrected chi connectivity index (χ3v) is 7.11. The summed E-state index contributed by atoms with van der Waals surface area (Å²) in [6.07, 6.45) is 0. The average molecular weight is 404 g/mol. The minimum atomic E-state index is -3.75. The summed E-state index contributed by atoms with van der Waals surface area (Å²) in [5, 5.41) is 0. The molecule has 0 fully saturated rings. The highest BCUT2D eigenvalue weighted by atomic mass is 32.2. The van der Waals surface area contributed by atoms with Crippen molar-refractivity contribution in [1.29, 1.82) is 0 Å². The van der Waals surface area contributed by atoms with E-state index in [1.165, 1.54) is 16.4 Å². The Morgan fingerprint density at radius 2 is 1.71 bits per heavy atom. The minimum absolute atomic E-state index is 0.169. The first-order chi connectivity index (χ1) is 13.1.